The van der Waals surface area contributed by atoms with E-state index in [0.29, 0.717) is 0 Å². The van der Waals surface area contributed by atoms with E-state index in [1.54, 1.807) is 0 Å². The highest BCUT2D eigenvalue weighted by Crippen LogP contribution is 2.45. The van der Waals surface area contributed by atoms with E-state index in [9.17, 15) is 27.6 Å². The Kier molecular flexibility index (Phi) is 6.29. The lowest BCUT2D eigenvalue weighted by molar-refractivity contribution is -0.136. The van der Waals surface area contributed by atoms with Gasteiger partial charge in [-0.3, -0.25) is 14.4 Å². The van der Waals surface area contributed by atoms with E-state index in [1.165, 1.54) is 36.4 Å². The number of halogens is 7. The van der Waals surface area contributed by atoms with Gasteiger partial charge in [0.05, 0.1) is 48.2 Å². The molecule has 0 bridgehead atoms. The summed E-state index contributed by atoms with van der Waals surface area (Å²) in [7, 11) is 0. The van der Waals surface area contributed by atoms with Crippen LogP contribution in [0.4, 0.5) is 24.5 Å². The number of hydrogen-bond acceptors (Lipinski definition) is 3. The smallest absolute Gasteiger partial charge is 0.321 e. The molecule has 1 aliphatic rings. The fourth-order valence-electron chi connectivity index (χ4n) is 3.38. The van der Waals surface area contributed by atoms with Gasteiger partial charge in [-0.25, -0.2) is 4.90 Å². The third kappa shape index (κ3) is 4.01. The molecule has 0 atom stereocenters. The van der Waals surface area contributed by atoms with Gasteiger partial charge in [0, 0.05) is 5.56 Å². The summed E-state index contributed by atoms with van der Waals surface area (Å²) >= 11 is 24.2. The van der Waals surface area contributed by atoms with E-state index in [2.05, 4.69) is 5.32 Å². The summed E-state index contributed by atoms with van der Waals surface area (Å²) in [4.78, 5) is 39.1. The highest BCUT2D eigenvalue weighted by molar-refractivity contribution is 6.56. The van der Waals surface area contributed by atoms with Crippen LogP contribution in [0.15, 0.2) is 48.5 Å². The van der Waals surface area contributed by atoms with Crippen LogP contribution in [-0.4, -0.2) is 17.7 Å². The third-order valence-electron chi connectivity index (χ3n) is 4.97. The van der Waals surface area contributed by atoms with Crippen molar-refractivity contribution in [2.45, 2.75) is 6.18 Å². The first-order chi connectivity index (χ1) is 15.9. The second kappa shape index (κ2) is 8.78. The standard InChI is InChI=1S/C22H9Cl4F3N2O3/c23-15-13-14(16(24)18(26)17(15)25)21(34)31(20(13)33)10-7-5-9(6-8-10)19(32)30-12-4-2-1-3-11(12)22(27,28)29/h1-8H,(H,30,32). The number of nitrogens with zero attached hydrogens (tertiary/aromatic N) is 1. The number of para-hydroxylation sites is 1. The Morgan fingerprint density at radius 2 is 1.26 bits per heavy atom. The summed E-state index contributed by atoms with van der Waals surface area (Å²) in [6.07, 6.45) is -4.66. The molecule has 0 saturated carbocycles. The van der Waals surface area contributed by atoms with Crippen molar-refractivity contribution in [3.8, 4) is 0 Å². The second-order valence-corrected chi connectivity index (χ2v) is 8.51. The Bertz CT molecular complexity index is 1330. The summed E-state index contributed by atoms with van der Waals surface area (Å²) in [5.41, 5.74) is -1.79. The molecule has 3 aromatic carbocycles. The zero-order valence-electron chi connectivity index (χ0n) is 16.4. The zero-order valence-corrected chi connectivity index (χ0v) is 19.5. The predicted octanol–water partition coefficient (Wildman–Crippen LogP) is 7.37. The summed E-state index contributed by atoms with van der Waals surface area (Å²) < 4.78 is 39.5. The molecule has 0 aliphatic carbocycles. The Labute approximate surface area is 210 Å². The van der Waals surface area contributed by atoms with Gasteiger partial charge in [0.2, 0.25) is 0 Å². The molecule has 3 amide bonds. The highest BCUT2D eigenvalue weighted by atomic mass is 35.5. The maximum atomic E-state index is 13.2. The van der Waals surface area contributed by atoms with Crippen molar-refractivity contribution in [2.75, 3.05) is 10.2 Å². The fourth-order valence-corrected chi connectivity index (χ4v) is 4.39. The number of benzene rings is 3. The molecule has 34 heavy (non-hydrogen) atoms. The minimum Gasteiger partial charge on any atom is -0.321 e. The van der Waals surface area contributed by atoms with Crippen LogP contribution in [0.2, 0.25) is 20.1 Å². The van der Waals surface area contributed by atoms with Crippen molar-refractivity contribution in [1.29, 1.82) is 0 Å². The summed E-state index contributed by atoms with van der Waals surface area (Å²) in [6.45, 7) is 0. The van der Waals surface area contributed by atoms with Gasteiger partial charge in [-0.1, -0.05) is 58.5 Å². The molecule has 0 spiro atoms. The van der Waals surface area contributed by atoms with Crippen molar-refractivity contribution in [2.24, 2.45) is 0 Å². The topological polar surface area (TPSA) is 66.5 Å². The first-order valence-electron chi connectivity index (χ1n) is 9.25. The van der Waals surface area contributed by atoms with Gasteiger partial charge in [-0.2, -0.15) is 13.2 Å². The number of nitrogens with one attached hydrogen (secondary N) is 1. The van der Waals surface area contributed by atoms with Crippen molar-refractivity contribution >= 4 is 75.5 Å². The zero-order chi connectivity index (χ0) is 24.9. The van der Waals surface area contributed by atoms with Crippen LogP contribution < -0.4 is 10.2 Å². The first-order valence-corrected chi connectivity index (χ1v) is 10.8. The molecule has 1 N–H and O–H groups in total. The lowest BCUT2D eigenvalue weighted by atomic mass is 10.1. The largest absolute Gasteiger partial charge is 0.418 e. The van der Waals surface area contributed by atoms with E-state index in [1.807, 2.05) is 0 Å². The minimum atomic E-state index is -4.66. The number of carbonyl (C=O) groups excluding carboxylic acids is 3. The van der Waals surface area contributed by atoms with Gasteiger partial charge in [0.1, 0.15) is 0 Å². The molecule has 1 heterocycles. The molecule has 174 valence electrons. The van der Waals surface area contributed by atoms with Crippen LogP contribution in [0, 0.1) is 0 Å². The van der Waals surface area contributed by atoms with Crippen LogP contribution >= 0.6 is 46.4 Å². The lowest BCUT2D eigenvalue weighted by Crippen LogP contribution is -2.29. The summed E-state index contributed by atoms with van der Waals surface area (Å²) in [5.74, 6) is -2.43. The third-order valence-corrected chi connectivity index (χ3v) is 6.77. The molecular formula is C22H9Cl4F3N2O3. The number of rotatable bonds is 3. The molecule has 4 rings (SSSR count). The Morgan fingerprint density at radius 1 is 0.765 bits per heavy atom. The number of fused-ring (bicyclic) bond motifs is 1. The molecule has 0 fully saturated rings. The molecule has 1 aliphatic heterocycles. The predicted molar refractivity (Wildman–Crippen MR) is 123 cm³/mol. The van der Waals surface area contributed by atoms with Crippen LogP contribution in [0.1, 0.15) is 36.6 Å². The van der Waals surface area contributed by atoms with Crippen molar-refractivity contribution in [1.82, 2.24) is 0 Å². The Balaban J connectivity index is 1.62. The van der Waals surface area contributed by atoms with Gasteiger partial charge >= 0.3 is 6.18 Å². The average molecular weight is 548 g/mol. The van der Waals surface area contributed by atoms with Gasteiger partial charge < -0.3 is 5.32 Å². The normalized spacial score (nSPS) is 13.3. The molecule has 0 aromatic heterocycles. The van der Waals surface area contributed by atoms with Crippen molar-refractivity contribution in [3.63, 3.8) is 0 Å². The van der Waals surface area contributed by atoms with E-state index in [0.717, 1.165) is 17.0 Å². The van der Waals surface area contributed by atoms with Crippen LogP contribution in [0.5, 0.6) is 0 Å². The van der Waals surface area contributed by atoms with Crippen molar-refractivity contribution in [3.05, 3.63) is 90.9 Å². The Hall–Kier alpha value is -2.78. The van der Waals surface area contributed by atoms with Crippen molar-refractivity contribution < 1.29 is 27.6 Å². The van der Waals surface area contributed by atoms with Gasteiger partial charge in [0.15, 0.2) is 0 Å². The highest BCUT2D eigenvalue weighted by Gasteiger charge is 2.42. The van der Waals surface area contributed by atoms with Gasteiger partial charge in [-0.05, 0) is 36.4 Å². The first kappa shape index (κ1) is 24.3. The molecular weight excluding hydrogens is 539 g/mol. The van der Waals surface area contributed by atoms with Crippen LogP contribution in [-0.2, 0) is 6.18 Å². The SMILES string of the molecule is O=C(Nc1ccccc1C(F)(F)F)c1ccc(N2C(=O)c3c(Cl)c(Cl)c(Cl)c(Cl)c3C2=O)cc1. The van der Waals surface area contributed by atoms with E-state index < -0.39 is 35.1 Å². The molecule has 0 unspecified atom stereocenters. The van der Waals surface area contributed by atoms with E-state index in [-0.39, 0.29) is 42.5 Å². The van der Waals surface area contributed by atoms with Gasteiger partial charge in [-0.15, -0.1) is 0 Å². The Morgan fingerprint density at radius 3 is 1.76 bits per heavy atom. The molecule has 0 radical (unpaired) electrons. The number of carbonyl (C=O) groups is 3. The number of alkyl halides is 3. The maximum absolute atomic E-state index is 13.2. The summed E-state index contributed by atoms with van der Waals surface area (Å²) in [5, 5.41) is 1.39. The average Bonchev–Trinajstić information content (AvgIpc) is 3.06. The monoisotopic (exact) mass is 546 g/mol. The molecule has 0 saturated heterocycles. The second-order valence-electron chi connectivity index (χ2n) is 7.00. The number of amides is 3. The van der Waals surface area contributed by atoms with E-state index >= 15 is 0 Å². The fraction of sp³-hybridized carbons (Fsp3) is 0.0455. The quantitative estimate of drug-likeness (QED) is 0.211. The number of hydrogen-bond donors (Lipinski definition) is 1. The minimum absolute atomic E-state index is 0.0144. The van der Waals surface area contributed by atoms with Gasteiger partial charge in [0.25, 0.3) is 17.7 Å². The molecule has 3 aromatic rings. The van der Waals surface area contributed by atoms with E-state index in [4.69, 9.17) is 46.4 Å². The number of anilines is 2. The molecule has 5 nitrogen and oxygen atoms in total. The van der Waals surface area contributed by atoms with Crippen LogP contribution in [0.25, 0.3) is 0 Å². The molecule has 12 heteroatoms. The maximum Gasteiger partial charge on any atom is 0.418 e. The number of imide groups is 1. The lowest BCUT2D eigenvalue weighted by Gasteiger charge is -2.15. The summed E-state index contributed by atoms with van der Waals surface area (Å²) in [6, 6.07) is 9.56. The van der Waals surface area contributed by atoms with Crippen LogP contribution in [0.3, 0.4) is 0 Å².